The molecule has 0 amide bonds. The van der Waals surface area contributed by atoms with Crippen molar-refractivity contribution in [1.82, 2.24) is 9.78 Å². The molecule has 3 nitrogen and oxygen atoms in total. The predicted octanol–water partition coefficient (Wildman–Crippen LogP) is 4.44. The summed E-state index contributed by atoms with van der Waals surface area (Å²) in [6.45, 7) is 12.5. The Labute approximate surface area is 121 Å². The van der Waals surface area contributed by atoms with E-state index in [4.69, 9.17) is 0 Å². The summed E-state index contributed by atoms with van der Waals surface area (Å²) in [5.74, 6) is 0.283. The molecular weight excluding hydrogens is 248 g/mol. The van der Waals surface area contributed by atoms with Crippen molar-refractivity contribution in [3.05, 3.63) is 35.4 Å². The molecule has 1 aromatic heterocycles. The van der Waals surface area contributed by atoms with Gasteiger partial charge in [0, 0.05) is 11.1 Å². The van der Waals surface area contributed by atoms with Gasteiger partial charge in [-0.15, -0.1) is 0 Å². The molecule has 2 rings (SSSR count). The predicted molar refractivity (Wildman–Crippen MR) is 83.1 cm³/mol. The molecule has 0 aliphatic carbocycles. The Morgan fingerprint density at radius 2 is 1.75 bits per heavy atom. The Hall–Kier alpha value is -1.77. The lowest BCUT2D eigenvalue weighted by atomic mass is 9.84. The molecule has 0 unspecified atom stereocenters. The van der Waals surface area contributed by atoms with Gasteiger partial charge in [-0.05, 0) is 31.7 Å². The second kappa shape index (κ2) is 4.97. The molecule has 1 heterocycles. The molecule has 0 bridgehead atoms. The van der Waals surface area contributed by atoms with E-state index in [1.807, 2.05) is 26.0 Å². The van der Waals surface area contributed by atoms with Crippen LogP contribution in [0.15, 0.2) is 24.3 Å². The molecular formula is C17H24N2O. The fourth-order valence-corrected chi connectivity index (χ4v) is 2.50. The number of nitrogens with zero attached hydrogens (tertiary/aromatic N) is 2. The summed E-state index contributed by atoms with van der Waals surface area (Å²) in [5.41, 5.74) is 3.91. The van der Waals surface area contributed by atoms with Crippen LogP contribution >= 0.6 is 0 Å². The van der Waals surface area contributed by atoms with Crippen molar-refractivity contribution in [2.75, 3.05) is 0 Å². The fourth-order valence-electron chi connectivity index (χ4n) is 2.50. The Morgan fingerprint density at radius 1 is 1.15 bits per heavy atom. The third-order valence-corrected chi connectivity index (χ3v) is 3.52. The van der Waals surface area contributed by atoms with E-state index in [0.29, 0.717) is 0 Å². The van der Waals surface area contributed by atoms with Gasteiger partial charge in [-0.3, -0.25) is 0 Å². The highest BCUT2D eigenvalue weighted by Gasteiger charge is 2.29. The lowest BCUT2D eigenvalue weighted by molar-refractivity contribution is 0.366. The second-order valence-electron chi connectivity index (χ2n) is 6.65. The van der Waals surface area contributed by atoms with Gasteiger partial charge >= 0.3 is 0 Å². The van der Waals surface area contributed by atoms with Gasteiger partial charge < -0.3 is 5.11 Å². The molecule has 108 valence electrons. The summed E-state index contributed by atoms with van der Waals surface area (Å²) in [5, 5.41) is 15.2. The van der Waals surface area contributed by atoms with Gasteiger partial charge in [-0.1, -0.05) is 45.0 Å². The van der Waals surface area contributed by atoms with Gasteiger partial charge in [-0.2, -0.15) is 5.10 Å². The van der Waals surface area contributed by atoms with E-state index in [1.54, 1.807) is 4.68 Å². The zero-order valence-corrected chi connectivity index (χ0v) is 13.2. The van der Waals surface area contributed by atoms with Crippen molar-refractivity contribution in [2.24, 2.45) is 0 Å². The molecule has 0 saturated carbocycles. The zero-order valence-electron chi connectivity index (χ0n) is 13.2. The van der Waals surface area contributed by atoms with Crippen molar-refractivity contribution >= 4 is 0 Å². The summed E-state index contributed by atoms with van der Waals surface area (Å²) < 4.78 is 1.71. The monoisotopic (exact) mass is 272 g/mol. The smallest absolute Gasteiger partial charge is 0.213 e. The Kier molecular flexibility index (Phi) is 3.63. The van der Waals surface area contributed by atoms with Crippen LogP contribution in [0.4, 0.5) is 0 Å². The van der Waals surface area contributed by atoms with Crippen LogP contribution in [0, 0.1) is 6.92 Å². The van der Waals surface area contributed by atoms with Crippen LogP contribution in [0.1, 0.15) is 51.8 Å². The molecule has 0 spiro atoms. The van der Waals surface area contributed by atoms with Gasteiger partial charge in [0.05, 0.1) is 6.04 Å². The van der Waals surface area contributed by atoms with Gasteiger partial charge in [-0.25, -0.2) is 4.68 Å². The standard InChI is InChI=1S/C17H24N2O/c1-11(2)19-16(20)14(17(4,5)6)15(18-19)13-10-8-7-9-12(13)3/h7-11,20H,1-6H3. The highest BCUT2D eigenvalue weighted by Crippen LogP contribution is 2.40. The fraction of sp³-hybridized carbons (Fsp3) is 0.471. The van der Waals surface area contributed by atoms with E-state index in [0.717, 1.165) is 16.8 Å². The number of aromatic hydroxyl groups is 1. The first-order valence-corrected chi connectivity index (χ1v) is 7.11. The van der Waals surface area contributed by atoms with Crippen LogP contribution in [-0.2, 0) is 5.41 Å². The van der Waals surface area contributed by atoms with Crippen molar-refractivity contribution < 1.29 is 5.11 Å². The number of rotatable bonds is 2. The van der Waals surface area contributed by atoms with Crippen molar-refractivity contribution in [3.63, 3.8) is 0 Å². The molecule has 0 aliphatic rings. The lowest BCUT2D eigenvalue weighted by Crippen LogP contribution is -2.12. The summed E-state index contributed by atoms with van der Waals surface area (Å²) in [6, 6.07) is 8.31. The number of hydrogen-bond acceptors (Lipinski definition) is 2. The quantitative estimate of drug-likeness (QED) is 0.877. The highest BCUT2D eigenvalue weighted by atomic mass is 16.3. The molecule has 1 aromatic carbocycles. The van der Waals surface area contributed by atoms with Crippen molar-refractivity contribution in [3.8, 4) is 17.1 Å². The molecule has 2 aromatic rings. The Morgan fingerprint density at radius 3 is 2.25 bits per heavy atom. The van der Waals surface area contributed by atoms with Crippen LogP contribution in [-0.4, -0.2) is 14.9 Å². The van der Waals surface area contributed by atoms with Crippen molar-refractivity contribution in [1.29, 1.82) is 0 Å². The van der Waals surface area contributed by atoms with E-state index < -0.39 is 0 Å². The van der Waals surface area contributed by atoms with Gasteiger partial charge in [0.15, 0.2) is 0 Å². The minimum absolute atomic E-state index is 0.133. The van der Waals surface area contributed by atoms with Crippen LogP contribution in [0.2, 0.25) is 0 Å². The minimum Gasteiger partial charge on any atom is -0.493 e. The minimum atomic E-state index is -0.158. The third kappa shape index (κ3) is 2.45. The van der Waals surface area contributed by atoms with E-state index >= 15 is 0 Å². The first-order chi connectivity index (χ1) is 9.23. The normalized spacial score (nSPS) is 12.2. The topological polar surface area (TPSA) is 38.0 Å². The summed E-state index contributed by atoms with van der Waals surface area (Å²) in [6.07, 6.45) is 0. The largest absolute Gasteiger partial charge is 0.493 e. The molecule has 0 atom stereocenters. The van der Waals surface area contributed by atoms with Gasteiger partial charge in [0.25, 0.3) is 0 Å². The van der Waals surface area contributed by atoms with Gasteiger partial charge in [0.1, 0.15) is 5.69 Å². The highest BCUT2D eigenvalue weighted by molar-refractivity contribution is 5.70. The Balaban J connectivity index is 2.76. The second-order valence-corrected chi connectivity index (χ2v) is 6.65. The molecule has 0 saturated heterocycles. The molecule has 0 radical (unpaired) electrons. The van der Waals surface area contributed by atoms with Gasteiger partial charge in [0.2, 0.25) is 5.88 Å². The number of aromatic nitrogens is 2. The summed E-state index contributed by atoms with van der Waals surface area (Å²) in [7, 11) is 0. The number of benzene rings is 1. The maximum Gasteiger partial charge on any atom is 0.213 e. The van der Waals surface area contributed by atoms with Crippen LogP contribution in [0.3, 0.4) is 0 Å². The van der Waals surface area contributed by atoms with Crippen LogP contribution < -0.4 is 0 Å². The average Bonchev–Trinajstić information content (AvgIpc) is 2.67. The molecule has 20 heavy (non-hydrogen) atoms. The summed E-state index contributed by atoms with van der Waals surface area (Å²) in [4.78, 5) is 0. The number of aryl methyl sites for hydroxylation is 1. The van der Waals surface area contributed by atoms with Crippen LogP contribution in [0.25, 0.3) is 11.3 Å². The van der Waals surface area contributed by atoms with E-state index in [2.05, 4.69) is 44.9 Å². The molecule has 0 fully saturated rings. The molecule has 0 aliphatic heterocycles. The SMILES string of the molecule is Cc1ccccc1-c1nn(C(C)C)c(O)c1C(C)(C)C. The molecule has 3 heteroatoms. The van der Waals surface area contributed by atoms with Crippen LogP contribution in [0.5, 0.6) is 5.88 Å². The first-order valence-electron chi connectivity index (χ1n) is 7.11. The Bertz CT molecular complexity index is 618. The maximum absolute atomic E-state index is 10.6. The third-order valence-electron chi connectivity index (χ3n) is 3.52. The van der Waals surface area contributed by atoms with E-state index in [1.165, 1.54) is 5.56 Å². The first kappa shape index (κ1) is 14.6. The van der Waals surface area contributed by atoms with E-state index in [9.17, 15) is 5.11 Å². The van der Waals surface area contributed by atoms with Crippen molar-refractivity contribution in [2.45, 2.75) is 53.0 Å². The number of hydrogen-bond donors (Lipinski definition) is 1. The summed E-state index contributed by atoms with van der Waals surface area (Å²) >= 11 is 0. The molecule has 1 N–H and O–H groups in total. The lowest BCUT2D eigenvalue weighted by Gasteiger charge is -2.19. The average molecular weight is 272 g/mol. The van der Waals surface area contributed by atoms with E-state index in [-0.39, 0.29) is 17.3 Å². The zero-order chi connectivity index (χ0) is 15.1. The maximum atomic E-state index is 10.6.